The fourth-order valence-electron chi connectivity index (χ4n) is 2.75. The van der Waals surface area contributed by atoms with E-state index in [4.69, 9.17) is 0 Å². The van der Waals surface area contributed by atoms with Crippen LogP contribution in [0.5, 0.6) is 0 Å². The summed E-state index contributed by atoms with van der Waals surface area (Å²) in [6.45, 7) is 11.4. The molecule has 0 saturated heterocycles. The van der Waals surface area contributed by atoms with Crippen LogP contribution in [0.2, 0.25) is 0 Å². The quantitative estimate of drug-likeness (QED) is 0.799. The van der Waals surface area contributed by atoms with Gasteiger partial charge in [0.15, 0.2) is 0 Å². The monoisotopic (exact) mass is 305 g/mol. The molecule has 0 bridgehead atoms. The van der Waals surface area contributed by atoms with Crippen molar-refractivity contribution < 1.29 is 4.39 Å². The predicted octanol–water partition coefficient (Wildman–Crippen LogP) is 5.21. The molecule has 1 aromatic heterocycles. The Morgan fingerprint density at radius 3 is 2.14 bits per heavy atom. The van der Waals surface area contributed by atoms with Crippen molar-refractivity contribution in [3.8, 4) is 0 Å². The van der Waals surface area contributed by atoms with Crippen molar-refractivity contribution >= 4 is 11.3 Å². The number of nitrogens with one attached hydrogen (secondary N) is 1. The zero-order valence-corrected chi connectivity index (χ0v) is 14.3. The third-order valence-corrected chi connectivity index (χ3v) is 5.13. The maximum atomic E-state index is 13.6. The second-order valence-electron chi connectivity index (χ2n) is 5.73. The number of rotatable bonds is 5. The number of hydrogen-bond acceptors (Lipinski definition) is 2. The Labute approximate surface area is 131 Å². The van der Waals surface area contributed by atoms with Crippen LogP contribution in [-0.2, 0) is 0 Å². The minimum absolute atomic E-state index is 0.151. The molecule has 21 heavy (non-hydrogen) atoms. The zero-order chi connectivity index (χ0) is 15.6. The van der Waals surface area contributed by atoms with Gasteiger partial charge in [-0.25, -0.2) is 4.39 Å². The third kappa shape index (κ3) is 3.53. The van der Waals surface area contributed by atoms with Crippen LogP contribution >= 0.6 is 11.3 Å². The van der Waals surface area contributed by atoms with E-state index in [1.165, 1.54) is 20.9 Å². The Hall–Kier alpha value is -1.19. The van der Waals surface area contributed by atoms with Gasteiger partial charge in [-0.3, -0.25) is 0 Å². The second kappa shape index (κ2) is 6.71. The van der Waals surface area contributed by atoms with Crippen molar-refractivity contribution in [2.75, 3.05) is 6.54 Å². The lowest BCUT2D eigenvalue weighted by Crippen LogP contribution is -2.24. The molecule has 1 N–H and O–H groups in total. The van der Waals surface area contributed by atoms with Crippen molar-refractivity contribution in [2.45, 2.75) is 47.1 Å². The first-order valence-corrected chi connectivity index (χ1v) is 8.32. The zero-order valence-electron chi connectivity index (χ0n) is 13.5. The summed E-state index contributed by atoms with van der Waals surface area (Å²) >= 11 is 1.83. The minimum atomic E-state index is -0.151. The average Bonchev–Trinajstić information content (AvgIpc) is 2.72. The van der Waals surface area contributed by atoms with Gasteiger partial charge >= 0.3 is 0 Å². The Morgan fingerprint density at radius 1 is 1.05 bits per heavy atom. The second-order valence-corrected chi connectivity index (χ2v) is 7.02. The highest BCUT2D eigenvalue weighted by atomic mass is 32.1. The van der Waals surface area contributed by atoms with Crippen LogP contribution in [0.1, 0.15) is 51.4 Å². The van der Waals surface area contributed by atoms with Crippen molar-refractivity contribution in [3.05, 3.63) is 56.0 Å². The first-order chi connectivity index (χ1) is 9.93. The average molecular weight is 305 g/mol. The molecule has 1 atom stereocenters. The van der Waals surface area contributed by atoms with Gasteiger partial charge in [-0.2, -0.15) is 0 Å². The molecule has 114 valence electrons. The van der Waals surface area contributed by atoms with Crippen LogP contribution in [-0.4, -0.2) is 6.54 Å². The maximum absolute atomic E-state index is 13.6. The van der Waals surface area contributed by atoms with Crippen LogP contribution in [0.15, 0.2) is 18.2 Å². The highest BCUT2D eigenvalue weighted by molar-refractivity contribution is 7.12. The van der Waals surface area contributed by atoms with Crippen molar-refractivity contribution in [3.63, 3.8) is 0 Å². The molecular weight excluding hydrogens is 281 g/mol. The van der Waals surface area contributed by atoms with Gasteiger partial charge in [0, 0.05) is 9.75 Å². The lowest BCUT2D eigenvalue weighted by atomic mass is 9.94. The molecule has 0 aliphatic rings. The molecule has 0 aliphatic carbocycles. The fourth-order valence-corrected chi connectivity index (χ4v) is 3.88. The van der Waals surface area contributed by atoms with E-state index in [1.54, 1.807) is 12.1 Å². The van der Waals surface area contributed by atoms with E-state index in [1.807, 2.05) is 25.2 Å². The topological polar surface area (TPSA) is 12.0 Å². The summed E-state index contributed by atoms with van der Waals surface area (Å²) in [4.78, 5) is 2.67. The number of aryl methyl sites for hydroxylation is 4. The summed E-state index contributed by atoms with van der Waals surface area (Å²) in [6, 6.07) is 5.69. The summed E-state index contributed by atoms with van der Waals surface area (Å²) in [7, 11) is 0. The van der Waals surface area contributed by atoms with Gasteiger partial charge in [-0.1, -0.05) is 6.92 Å². The molecule has 2 rings (SSSR count). The van der Waals surface area contributed by atoms with Gasteiger partial charge in [0.05, 0.1) is 6.04 Å². The van der Waals surface area contributed by atoms with Gasteiger partial charge in [-0.05, 0) is 81.1 Å². The van der Waals surface area contributed by atoms with Crippen LogP contribution in [0.3, 0.4) is 0 Å². The molecule has 0 radical (unpaired) electrons. The van der Waals surface area contributed by atoms with E-state index in [0.717, 1.165) is 24.1 Å². The third-order valence-electron chi connectivity index (χ3n) is 3.92. The lowest BCUT2D eigenvalue weighted by Gasteiger charge is -2.22. The molecular formula is C18H24FNS. The van der Waals surface area contributed by atoms with Crippen LogP contribution in [0.4, 0.5) is 4.39 Å². The van der Waals surface area contributed by atoms with Gasteiger partial charge in [0.25, 0.3) is 0 Å². The molecule has 1 nitrogen and oxygen atoms in total. The fraction of sp³-hybridized carbons (Fsp3) is 0.444. The summed E-state index contributed by atoms with van der Waals surface area (Å²) in [5.41, 5.74) is 4.58. The van der Waals surface area contributed by atoms with E-state index in [0.29, 0.717) is 0 Å². The maximum Gasteiger partial charge on any atom is 0.123 e. The highest BCUT2D eigenvalue weighted by Crippen LogP contribution is 2.34. The summed E-state index contributed by atoms with van der Waals surface area (Å²) in [6.07, 6.45) is 1.08. The molecule has 1 unspecified atom stereocenters. The number of halogens is 1. The van der Waals surface area contributed by atoms with Crippen molar-refractivity contribution in [1.82, 2.24) is 5.32 Å². The molecule has 1 heterocycles. The van der Waals surface area contributed by atoms with Gasteiger partial charge in [0.1, 0.15) is 5.82 Å². The van der Waals surface area contributed by atoms with Crippen molar-refractivity contribution in [2.24, 2.45) is 0 Å². The molecule has 0 saturated carbocycles. The first kappa shape index (κ1) is 16.2. The molecule has 0 spiro atoms. The number of thiophene rings is 1. The van der Waals surface area contributed by atoms with E-state index in [2.05, 4.69) is 32.2 Å². The van der Waals surface area contributed by atoms with Crippen LogP contribution in [0, 0.1) is 33.5 Å². The Balaban J connectivity index is 2.50. The van der Waals surface area contributed by atoms with Gasteiger partial charge in [0.2, 0.25) is 0 Å². The summed E-state index contributed by atoms with van der Waals surface area (Å²) in [5.74, 6) is -0.151. The van der Waals surface area contributed by atoms with Crippen molar-refractivity contribution in [1.29, 1.82) is 0 Å². The smallest absolute Gasteiger partial charge is 0.123 e. The number of benzene rings is 1. The standard InChI is InChI=1S/C18H24FNS/c1-6-7-20-18(16-10-11(2)14(5)21-16)17-12(3)8-15(19)9-13(17)4/h8-10,18,20H,6-7H2,1-5H3. The molecule has 0 amide bonds. The Bertz CT molecular complexity index is 588. The summed E-state index contributed by atoms with van der Waals surface area (Å²) < 4.78 is 13.6. The first-order valence-electron chi connectivity index (χ1n) is 7.51. The molecule has 2 aromatic rings. The van der Waals surface area contributed by atoms with E-state index in [-0.39, 0.29) is 11.9 Å². The van der Waals surface area contributed by atoms with E-state index >= 15 is 0 Å². The number of hydrogen-bond donors (Lipinski definition) is 1. The summed E-state index contributed by atoms with van der Waals surface area (Å²) in [5, 5.41) is 3.63. The largest absolute Gasteiger partial charge is 0.306 e. The SMILES string of the molecule is CCCNC(c1cc(C)c(C)s1)c1c(C)cc(F)cc1C. The van der Waals surface area contributed by atoms with Crippen LogP contribution in [0.25, 0.3) is 0 Å². The normalized spacial score (nSPS) is 12.7. The predicted molar refractivity (Wildman–Crippen MR) is 89.8 cm³/mol. The van der Waals surface area contributed by atoms with Crippen LogP contribution < -0.4 is 5.32 Å². The van der Waals surface area contributed by atoms with E-state index < -0.39 is 0 Å². The van der Waals surface area contributed by atoms with Gasteiger partial charge in [-0.15, -0.1) is 11.3 Å². The molecule has 3 heteroatoms. The molecule has 0 aliphatic heterocycles. The molecule has 1 aromatic carbocycles. The molecule has 0 fully saturated rings. The lowest BCUT2D eigenvalue weighted by molar-refractivity contribution is 0.592. The Morgan fingerprint density at radius 2 is 1.67 bits per heavy atom. The highest BCUT2D eigenvalue weighted by Gasteiger charge is 2.20. The van der Waals surface area contributed by atoms with E-state index in [9.17, 15) is 4.39 Å². The minimum Gasteiger partial charge on any atom is -0.306 e. The van der Waals surface area contributed by atoms with Gasteiger partial charge < -0.3 is 5.32 Å². The Kier molecular flexibility index (Phi) is 5.17.